The first-order valence-electron chi connectivity index (χ1n) is 18.7. The number of carbonyl (C=O) groups excluding carboxylic acids is 2. The van der Waals surface area contributed by atoms with Crippen molar-refractivity contribution in [3.8, 4) is 0 Å². The van der Waals surface area contributed by atoms with Crippen LogP contribution in [0.5, 0.6) is 0 Å². The van der Waals surface area contributed by atoms with E-state index in [0.29, 0.717) is 12.8 Å². The van der Waals surface area contributed by atoms with Gasteiger partial charge < -0.3 is 39.4 Å². The van der Waals surface area contributed by atoms with Crippen LogP contribution in [-0.2, 0) is 28.5 Å². The Morgan fingerprint density at radius 1 is 0.608 bits per heavy atom. The molecule has 10 heteroatoms. The van der Waals surface area contributed by atoms with Crippen LogP contribution in [0.1, 0.15) is 104 Å². The van der Waals surface area contributed by atoms with Crippen molar-refractivity contribution < 1.29 is 49.0 Å². The molecule has 1 rings (SSSR count). The maximum Gasteiger partial charge on any atom is 0.306 e. The van der Waals surface area contributed by atoms with Gasteiger partial charge in [0.1, 0.15) is 31.0 Å². The van der Waals surface area contributed by atoms with Crippen LogP contribution < -0.4 is 0 Å². The summed E-state index contributed by atoms with van der Waals surface area (Å²) in [6.07, 6.45) is 31.7. The molecule has 0 radical (unpaired) electrons. The van der Waals surface area contributed by atoms with Crippen LogP contribution in [0, 0.1) is 0 Å². The monoisotopic (exact) mass is 716 g/mol. The van der Waals surface area contributed by atoms with Crippen LogP contribution in [0.15, 0.2) is 85.1 Å². The molecule has 1 saturated heterocycles. The molecule has 1 heterocycles. The summed E-state index contributed by atoms with van der Waals surface area (Å²) in [6, 6.07) is 0. The minimum atomic E-state index is -1.61. The van der Waals surface area contributed by atoms with Gasteiger partial charge in [-0.3, -0.25) is 9.59 Å². The van der Waals surface area contributed by atoms with Crippen LogP contribution >= 0.6 is 0 Å². The Bertz CT molecular complexity index is 1100. The Kier molecular flexibility index (Phi) is 28.4. The van der Waals surface area contributed by atoms with Crippen molar-refractivity contribution in [1.82, 2.24) is 0 Å². The molecular weight excluding hydrogens is 652 g/mol. The summed E-state index contributed by atoms with van der Waals surface area (Å²) in [5.41, 5.74) is 0. The number of allylic oxidation sites excluding steroid dienone is 14. The lowest BCUT2D eigenvalue weighted by Gasteiger charge is -2.39. The van der Waals surface area contributed by atoms with Crippen molar-refractivity contribution in [1.29, 1.82) is 0 Å². The van der Waals surface area contributed by atoms with Crippen molar-refractivity contribution >= 4 is 11.9 Å². The van der Waals surface area contributed by atoms with Crippen molar-refractivity contribution in [3.05, 3.63) is 85.1 Å². The van der Waals surface area contributed by atoms with E-state index in [2.05, 4.69) is 44.2 Å². The lowest BCUT2D eigenvalue weighted by atomic mass is 9.99. The van der Waals surface area contributed by atoms with E-state index in [1.807, 2.05) is 54.7 Å². The highest BCUT2D eigenvalue weighted by Gasteiger charge is 2.44. The molecule has 4 N–H and O–H groups in total. The van der Waals surface area contributed by atoms with Crippen LogP contribution in [-0.4, -0.2) is 89.0 Å². The van der Waals surface area contributed by atoms with Gasteiger partial charge >= 0.3 is 11.9 Å². The summed E-state index contributed by atoms with van der Waals surface area (Å²) in [7, 11) is 0. The Hall–Kier alpha value is -3.12. The maximum absolute atomic E-state index is 12.7. The standard InChI is InChI=1S/C41H64O10/c1-3-5-7-9-11-13-15-17-19-21-23-25-27-29-36(43)48-32-34(33-49-41-40(47)39(46)38(45)35(31-42)51-41)50-37(44)30-28-26-24-22-20-18-16-14-12-10-8-6-4-2/h5-16,18,20,34-35,38-42,45-47H,3-4,17,19,21-33H2,1-2H3/b7-5+,8-6+,11-9+,12-10+,15-13+,16-14+,20-18+/t34?,35-,38+,39?,40?,41-/m0/s1. The number of carbonyl (C=O) groups is 2. The molecule has 10 nitrogen and oxygen atoms in total. The van der Waals surface area contributed by atoms with E-state index in [9.17, 15) is 30.0 Å². The van der Waals surface area contributed by atoms with Gasteiger partial charge in [0, 0.05) is 12.8 Å². The second-order valence-corrected chi connectivity index (χ2v) is 12.4. The molecule has 1 aliphatic rings. The number of ether oxygens (including phenoxy) is 4. The summed E-state index contributed by atoms with van der Waals surface area (Å²) >= 11 is 0. The van der Waals surface area contributed by atoms with E-state index >= 15 is 0 Å². The van der Waals surface area contributed by atoms with Gasteiger partial charge in [-0.2, -0.15) is 0 Å². The molecule has 1 aliphatic heterocycles. The molecule has 0 aliphatic carbocycles. The summed E-state index contributed by atoms with van der Waals surface area (Å²) in [5.74, 6) is -0.891. The molecule has 3 unspecified atom stereocenters. The van der Waals surface area contributed by atoms with Gasteiger partial charge in [0.05, 0.1) is 13.2 Å². The number of hydrogen-bond donors (Lipinski definition) is 4. The zero-order chi connectivity index (χ0) is 37.4. The molecule has 0 saturated carbocycles. The third kappa shape index (κ3) is 23.9. The fourth-order valence-corrected chi connectivity index (χ4v) is 4.96. The van der Waals surface area contributed by atoms with Gasteiger partial charge in [0.25, 0.3) is 0 Å². The third-order valence-electron chi connectivity index (χ3n) is 7.93. The van der Waals surface area contributed by atoms with Crippen molar-refractivity contribution in [2.45, 2.75) is 141 Å². The predicted octanol–water partition coefficient (Wildman–Crippen LogP) is 6.65. The molecule has 0 aromatic heterocycles. The first kappa shape index (κ1) is 45.9. The first-order valence-corrected chi connectivity index (χ1v) is 18.7. The highest BCUT2D eigenvalue weighted by Crippen LogP contribution is 2.22. The highest BCUT2D eigenvalue weighted by atomic mass is 16.7. The van der Waals surface area contributed by atoms with E-state index in [1.54, 1.807) is 0 Å². The fraction of sp³-hybridized carbons (Fsp3) is 0.610. The Morgan fingerprint density at radius 3 is 1.67 bits per heavy atom. The summed E-state index contributed by atoms with van der Waals surface area (Å²) in [5, 5.41) is 39.9. The van der Waals surface area contributed by atoms with Crippen molar-refractivity contribution in [3.63, 3.8) is 0 Å². The highest BCUT2D eigenvalue weighted by molar-refractivity contribution is 5.70. The van der Waals surface area contributed by atoms with E-state index in [1.165, 1.54) is 0 Å². The lowest BCUT2D eigenvalue weighted by molar-refractivity contribution is -0.305. The zero-order valence-electron chi connectivity index (χ0n) is 30.8. The van der Waals surface area contributed by atoms with Gasteiger partial charge in [0.15, 0.2) is 12.4 Å². The number of esters is 2. The maximum atomic E-state index is 12.7. The second kappa shape index (κ2) is 31.6. The average Bonchev–Trinajstić information content (AvgIpc) is 3.13. The minimum Gasteiger partial charge on any atom is -0.462 e. The molecule has 0 spiro atoms. The predicted molar refractivity (Wildman–Crippen MR) is 201 cm³/mol. The SMILES string of the molecule is CC/C=C/C=C/C=C/C=C/CCCCCC(=O)OC(COC(=O)CCCCCCC/C=C/C=C/C=C/CC)CO[C@H]1O[C@@H](CO)[C@@H](O)C(O)C1O. The van der Waals surface area contributed by atoms with Gasteiger partial charge in [-0.05, 0) is 51.4 Å². The van der Waals surface area contributed by atoms with E-state index < -0.39 is 55.4 Å². The quantitative estimate of drug-likeness (QED) is 0.0393. The molecule has 51 heavy (non-hydrogen) atoms. The Labute approximate surface area is 305 Å². The summed E-state index contributed by atoms with van der Waals surface area (Å²) in [4.78, 5) is 25.1. The topological polar surface area (TPSA) is 152 Å². The van der Waals surface area contributed by atoms with Crippen LogP contribution in [0.2, 0.25) is 0 Å². The Morgan fingerprint density at radius 2 is 1.10 bits per heavy atom. The molecule has 0 aromatic rings. The van der Waals surface area contributed by atoms with Gasteiger partial charge in [-0.15, -0.1) is 0 Å². The van der Waals surface area contributed by atoms with Crippen LogP contribution in [0.3, 0.4) is 0 Å². The number of rotatable bonds is 28. The normalized spacial score (nSPS) is 22.2. The van der Waals surface area contributed by atoms with Gasteiger partial charge in [-0.25, -0.2) is 0 Å². The molecule has 288 valence electrons. The van der Waals surface area contributed by atoms with E-state index in [0.717, 1.165) is 64.2 Å². The zero-order valence-corrected chi connectivity index (χ0v) is 30.8. The molecule has 0 aromatic carbocycles. The number of aliphatic hydroxyl groups is 4. The lowest BCUT2D eigenvalue weighted by Crippen LogP contribution is -2.59. The largest absolute Gasteiger partial charge is 0.462 e. The van der Waals surface area contributed by atoms with E-state index in [-0.39, 0.29) is 26.1 Å². The van der Waals surface area contributed by atoms with Crippen LogP contribution in [0.25, 0.3) is 0 Å². The van der Waals surface area contributed by atoms with Gasteiger partial charge in [0.2, 0.25) is 0 Å². The van der Waals surface area contributed by atoms with Crippen molar-refractivity contribution in [2.24, 2.45) is 0 Å². The Balaban J connectivity index is 2.47. The molecular formula is C41H64O10. The van der Waals surface area contributed by atoms with Crippen LogP contribution in [0.4, 0.5) is 0 Å². The second-order valence-electron chi connectivity index (χ2n) is 12.4. The molecule has 1 fully saturated rings. The molecule has 0 bridgehead atoms. The third-order valence-corrected chi connectivity index (χ3v) is 7.93. The smallest absolute Gasteiger partial charge is 0.306 e. The number of aliphatic hydroxyl groups excluding tert-OH is 4. The summed E-state index contributed by atoms with van der Waals surface area (Å²) in [6.45, 7) is 3.04. The average molecular weight is 717 g/mol. The van der Waals surface area contributed by atoms with Gasteiger partial charge in [-0.1, -0.05) is 125 Å². The number of unbranched alkanes of at least 4 members (excludes halogenated alkanes) is 8. The fourth-order valence-electron chi connectivity index (χ4n) is 4.96. The molecule has 0 amide bonds. The van der Waals surface area contributed by atoms with Crippen molar-refractivity contribution in [2.75, 3.05) is 19.8 Å². The summed E-state index contributed by atoms with van der Waals surface area (Å²) < 4.78 is 22.0. The number of hydrogen-bond acceptors (Lipinski definition) is 10. The van der Waals surface area contributed by atoms with E-state index in [4.69, 9.17) is 18.9 Å². The first-order chi connectivity index (χ1) is 24.8. The minimum absolute atomic E-state index is 0.174. The molecule has 6 atom stereocenters.